The Morgan fingerprint density at radius 3 is 2.81 bits per heavy atom. The standard InChI is InChI=1S/C21H18FNO3S/c1-25-18-12-14(19-7-4-10-27-19)11-15-13-23(8-9-26-20(15)18)21(24)16-5-2-3-6-17(16)22/h2-7,10-12H,8-9,13H2,1H3. The van der Waals surface area contributed by atoms with Crippen LogP contribution in [0.3, 0.4) is 0 Å². The van der Waals surface area contributed by atoms with Gasteiger partial charge in [0.2, 0.25) is 0 Å². The van der Waals surface area contributed by atoms with Gasteiger partial charge in [0, 0.05) is 17.0 Å². The summed E-state index contributed by atoms with van der Waals surface area (Å²) in [5.74, 6) is 0.417. The van der Waals surface area contributed by atoms with Crippen LogP contribution in [0.5, 0.6) is 11.5 Å². The molecule has 2 aromatic carbocycles. The van der Waals surface area contributed by atoms with Crippen LogP contribution in [0.4, 0.5) is 4.39 Å². The van der Waals surface area contributed by atoms with Crippen molar-refractivity contribution < 1.29 is 18.7 Å². The number of nitrogens with zero attached hydrogens (tertiary/aromatic N) is 1. The molecular weight excluding hydrogens is 365 g/mol. The van der Waals surface area contributed by atoms with Crippen LogP contribution in [0.25, 0.3) is 10.4 Å². The summed E-state index contributed by atoms with van der Waals surface area (Å²) >= 11 is 1.63. The van der Waals surface area contributed by atoms with Gasteiger partial charge in [0.05, 0.1) is 19.2 Å². The Morgan fingerprint density at radius 2 is 2.07 bits per heavy atom. The van der Waals surface area contributed by atoms with Crippen molar-refractivity contribution >= 4 is 17.2 Å². The molecule has 27 heavy (non-hydrogen) atoms. The lowest BCUT2D eigenvalue weighted by molar-refractivity contribution is 0.0728. The van der Waals surface area contributed by atoms with E-state index < -0.39 is 5.82 Å². The van der Waals surface area contributed by atoms with Crippen molar-refractivity contribution in [1.29, 1.82) is 0 Å². The summed E-state index contributed by atoms with van der Waals surface area (Å²) in [4.78, 5) is 15.6. The third-order valence-electron chi connectivity index (χ3n) is 4.52. The third kappa shape index (κ3) is 3.40. The predicted octanol–water partition coefficient (Wildman–Crippen LogP) is 4.60. The zero-order chi connectivity index (χ0) is 18.8. The molecule has 1 aliphatic rings. The lowest BCUT2D eigenvalue weighted by Gasteiger charge is -2.20. The number of thiophene rings is 1. The maximum Gasteiger partial charge on any atom is 0.257 e. The first kappa shape index (κ1) is 17.5. The molecule has 0 spiro atoms. The number of fused-ring (bicyclic) bond motifs is 1. The summed E-state index contributed by atoms with van der Waals surface area (Å²) in [5.41, 5.74) is 1.92. The summed E-state index contributed by atoms with van der Waals surface area (Å²) in [5, 5.41) is 2.01. The van der Waals surface area contributed by atoms with E-state index in [1.807, 2.05) is 29.6 Å². The SMILES string of the molecule is COc1cc(-c2cccs2)cc2c1OCCN(C(=O)c1ccccc1F)C2. The van der Waals surface area contributed by atoms with Crippen molar-refractivity contribution in [1.82, 2.24) is 4.90 Å². The van der Waals surface area contributed by atoms with Crippen molar-refractivity contribution in [2.24, 2.45) is 0 Å². The van der Waals surface area contributed by atoms with Gasteiger partial charge in [0.25, 0.3) is 5.91 Å². The van der Waals surface area contributed by atoms with E-state index in [2.05, 4.69) is 0 Å². The van der Waals surface area contributed by atoms with Gasteiger partial charge in [-0.15, -0.1) is 11.3 Å². The number of hydrogen-bond acceptors (Lipinski definition) is 4. The number of hydrogen-bond donors (Lipinski definition) is 0. The lowest BCUT2D eigenvalue weighted by atomic mass is 10.1. The second kappa shape index (κ2) is 7.40. The molecule has 0 bridgehead atoms. The number of carbonyl (C=O) groups excluding carboxylic acids is 1. The maximum absolute atomic E-state index is 14.1. The highest BCUT2D eigenvalue weighted by Gasteiger charge is 2.25. The average molecular weight is 383 g/mol. The van der Waals surface area contributed by atoms with Gasteiger partial charge in [-0.2, -0.15) is 0 Å². The van der Waals surface area contributed by atoms with Crippen molar-refractivity contribution in [2.45, 2.75) is 6.54 Å². The van der Waals surface area contributed by atoms with Crippen LogP contribution in [-0.4, -0.2) is 31.1 Å². The van der Waals surface area contributed by atoms with E-state index in [0.29, 0.717) is 31.2 Å². The van der Waals surface area contributed by atoms with E-state index in [4.69, 9.17) is 9.47 Å². The van der Waals surface area contributed by atoms with E-state index in [1.54, 1.807) is 35.5 Å². The summed E-state index contributed by atoms with van der Waals surface area (Å²) in [6, 6.07) is 14.0. The highest BCUT2D eigenvalue weighted by Crippen LogP contribution is 2.39. The molecule has 2 heterocycles. The molecule has 0 saturated carbocycles. The largest absolute Gasteiger partial charge is 0.493 e. The fourth-order valence-electron chi connectivity index (χ4n) is 3.20. The number of rotatable bonds is 3. The van der Waals surface area contributed by atoms with Gasteiger partial charge < -0.3 is 14.4 Å². The Labute approximate surface area is 160 Å². The molecule has 0 radical (unpaired) electrons. The molecule has 0 aliphatic carbocycles. The summed E-state index contributed by atoms with van der Waals surface area (Å²) < 4.78 is 25.5. The van der Waals surface area contributed by atoms with Gasteiger partial charge in [-0.25, -0.2) is 4.39 Å². The second-order valence-electron chi connectivity index (χ2n) is 6.20. The van der Waals surface area contributed by atoms with Crippen LogP contribution in [0.1, 0.15) is 15.9 Å². The molecule has 3 aromatic rings. The normalized spacial score (nSPS) is 13.5. The minimum Gasteiger partial charge on any atom is -0.493 e. The summed E-state index contributed by atoms with van der Waals surface area (Å²) in [7, 11) is 1.60. The summed E-state index contributed by atoms with van der Waals surface area (Å²) in [6.07, 6.45) is 0. The molecule has 1 amide bonds. The van der Waals surface area contributed by atoms with Gasteiger partial charge in [-0.05, 0) is 41.3 Å². The third-order valence-corrected chi connectivity index (χ3v) is 5.44. The molecule has 0 fully saturated rings. The molecule has 0 unspecified atom stereocenters. The number of halogens is 1. The predicted molar refractivity (Wildman–Crippen MR) is 103 cm³/mol. The van der Waals surface area contributed by atoms with Crippen molar-refractivity contribution in [2.75, 3.05) is 20.3 Å². The Bertz CT molecular complexity index is 972. The lowest BCUT2D eigenvalue weighted by Crippen LogP contribution is -2.33. The Hall–Kier alpha value is -2.86. The molecule has 1 aromatic heterocycles. The van der Waals surface area contributed by atoms with Crippen LogP contribution in [-0.2, 0) is 6.54 Å². The second-order valence-corrected chi connectivity index (χ2v) is 7.15. The zero-order valence-corrected chi connectivity index (χ0v) is 15.6. The van der Waals surface area contributed by atoms with Gasteiger partial charge >= 0.3 is 0 Å². The topological polar surface area (TPSA) is 38.8 Å². The first-order chi connectivity index (χ1) is 13.2. The smallest absolute Gasteiger partial charge is 0.257 e. The van der Waals surface area contributed by atoms with Gasteiger partial charge in [-0.3, -0.25) is 4.79 Å². The van der Waals surface area contributed by atoms with E-state index in [9.17, 15) is 9.18 Å². The molecular formula is C21H18FNO3S. The molecule has 4 nitrogen and oxygen atoms in total. The number of carbonyl (C=O) groups is 1. The molecule has 138 valence electrons. The van der Waals surface area contributed by atoms with Crippen LogP contribution in [0, 0.1) is 5.82 Å². The number of methoxy groups -OCH3 is 1. The van der Waals surface area contributed by atoms with Crippen LogP contribution < -0.4 is 9.47 Å². The molecule has 6 heteroatoms. The minimum atomic E-state index is -0.516. The Kier molecular flexibility index (Phi) is 4.81. The van der Waals surface area contributed by atoms with Gasteiger partial charge in [-0.1, -0.05) is 18.2 Å². The fraction of sp³-hybridized carbons (Fsp3) is 0.190. The molecule has 0 N–H and O–H groups in total. The van der Waals surface area contributed by atoms with E-state index in [0.717, 1.165) is 16.0 Å². The van der Waals surface area contributed by atoms with Crippen molar-refractivity contribution in [3.63, 3.8) is 0 Å². The Balaban J connectivity index is 1.72. The van der Waals surface area contributed by atoms with E-state index in [-0.39, 0.29) is 11.5 Å². The summed E-state index contributed by atoms with van der Waals surface area (Å²) in [6.45, 7) is 1.03. The molecule has 1 aliphatic heterocycles. The van der Waals surface area contributed by atoms with Gasteiger partial charge in [0.15, 0.2) is 11.5 Å². The number of amides is 1. The van der Waals surface area contributed by atoms with Crippen molar-refractivity contribution in [3.05, 3.63) is 70.9 Å². The first-order valence-electron chi connectivity index (χ1n) is 8.59. The first-order valence-corrected chi connectivity index (χ1v) is 9.46. The highest BCUT2D eigenvalue weighted by molar-refractivity contribution is 7.13. The van der Waals surface area contributed by atoms with Gasteiger partial charge in [0.1, 0.15) is 12.4 Å². The number of benzene rings is 2. The molecule has 4 rings (SSSR count). The van der Waals surface area contributed by atoms with Crippen LogP contribution >= 0.6 is 11.3 Å². The van der Waals surface area contributed by atoms with Crippen molar-refractivity contribution in [3.8, 4) is 21.9 Å². The Morgan fingerprint density at radius 1 is 1.22 bits per heavy atom. The number of ether oxygens (including phenoxy) is 2. The van der Waals surface area contributed by atoms with Crippen LogP contribution in [0.2, 0.25) is 0 Å². The average Bonchev–Trinajstić information content (AvgIpc) is 3.14. The maximum atomic E-state index is 14.1. The monoisotopic (exact) mass is 383 g/mol. The van der Waals surface area contributed by atoms with Crippen LogP contribution in [0.15, 0.2) is 53.9 Å². The fourth-order valence-corrected chi connectivity index (χ4v) is 3.91. The molecule has 0 atom stereocenters. The zero-order valence-electron chi connectivity index (χ0n) is 14.8. The quantitative estimate of drug-likeness (QED) is 0.664. The highest BCUT2D eigenvalue weighted by atomic mass is 32.1. The molecule has 0 saturated heterocycles. The van der Waals surface area contributed by atoms with E-state index >= 15 is 0 Å². The minimum absolute atomic E-state index is 0.0716. The van der Waals surface area contributed by atoms with E-state index in [1.165, 1.54) is 12.1 Å².